The van der Waals surface area contributed by atoms with E-state index in [1.165, 1.54) is 57.7 Å². The Labute approximate surface area is 226 Å². The summed E-state index contributed by atoms with van der Waals surface area (Å²) in [6.07, 6.45) is -4.69. The zero-order chi connectivity index (χ0) is 28.3. The van der Waals surface area contributed by atoms with Crippen molar-refractivity contribution in [2.45, 2.75) is 11.1 Å². The molecule has 0 aliphatic rings. The molecule has 0 aliphatic heterocycles. The van der Waals surface area contributed by atoms with Gasteiger partial charge in [-0.3, -0.25) is 9.10 Å². The minimum absolute atomic E-state index is 0.0587. The summed E-state index contributed by atoms with van der Waals surface area (Å²) in [6, 6.07) is 10.3. The highest BCUT2D eigenvalue weighted by molar-refractivity contribution is 7.92. The molecule has 0 bridgehead atoms. The standard InChI is InChI=1S/C24H21Cl2F3N2O6S/c1-35-20-8-5-15(25)11-19(20)31(38(33,34)16-6-9-21(36-2)22(12-16)37-3)13-23(32)30-18-10-14(24(27,28)29)4-7-17(18)26/h4-12H,13H2,1-3H3,(H,30,32). The molecule has 0 saturated carbocycles. The first kappa shape index (κ1) is 29.2. The molecular formula is C24H21Cl2F3N2O6S. The van der Waals surface area contributed by atoms with E-state index in [0.717, 1.165) is 12.1 Å². The van der Waals surface area contributed by atoms with E-state index in [4.69, 9.17) is 37.4 Å². The fourth-order valence-electron chi connectivity index (χ4n) is 3.38. The van der Waals surface area contributed by atoms with Crippen LogP contribution in [-0.4, -0.2) is 42.2 Å². The fourth-order valence-corrected chi connectivity index (χ4v) is 5.15. The normalized spacial score (nSPS) is 11.6. The number of nitrogens with one attached hydrogen (secondary N) is 1. The smallest absolute Gasteiger partial charge is 0.416 e. The van der Waals surface area contributed by atoms with Crippen LogP contribution in [0.1, 0.15) is 5.56 Å². The molecule has 0 aromatic heterocycles. The van der Waals surface area contributed by atoms with Gasteiger partial charge in [-0.1, -0.05) is 23.2 Å². The first-order chi connectivity index (χ1) is 17.8. The van der Waals surface area contributed by atoms with Crippen molar-refractivity contribution in [2.75, 3.05) is 37.5 Å². The molecule has 204 valence electrons. The van der Waals surface area contributed by atoms with Crippen molar-refractivity contribution in [3.63, 3.8) is 0 Å². The Morgan fingerprint density at radius 1 is 0.895 bits per heavy atom. The number of alkyl halides is 3. The molecule has 0 radical (unpaired) electrons. The minimum atomic E-state index is -4.69. The van der Waals surface area contributed by atoms with Gasteiger partial charge in [0.15, 0.2) is 11.5 Å². The summed E-state index contributed by atoms with van der Waals surface area (Å²) in [5, 5.41) is 2.20. The first-order valence-corrected chi connectivity index (χ1v) is 12.8. The van der Waals surface area contributed by atoms with E-state index >= 15 is 0 Å². The van der Waals surface area contributed by atoms with Gasteiger partial charge < -0.3 is 19.5 Å². The molecular weight excluding hydrogens is 572 g/mol. The summed E-state index contributed by atoms with van der Waals surface area (Å²) in [4.78, 5) is 12.7. The van der Waals surface area contributed by atoms with Crippen LogP contribution in [0.2, 0.25) is 10.0 Å². The van der Waals surface area contributed by atoms with Gasteiger partial charge in [0.1, 0.15) is 12.3 Å². The first-order valence-electron chi connectivity index (χ1n) is 10.6. The van der Waals surface area contributed by atoms with E-state index in [9.17, 15) is 26.4 Å². The summed E-state index contributed by atoms with van der Waals surface area (Å²) in [5.74, 6) is -0.567. The second-order valence-corrected chi connectivity index (χ2v) is 10.3. The van der Waals surface area contributed by atoms with Gasteiger partial charge in [-0.05, 0) is 48.5 Å². The highest BCUT2D eigenvalue weighted by Gasteiger charge is 2.33. The Bertz CT molecular complexity index is 1450. The van der Waals surface area contributed by atoms with Crippen LogP contribution in [0.5, 0.6) is 17.2 Å². The number of sulfonamides is 1. The van der Waals surface area contributed by atoms with Crippen LogP contribution in [0.15, 0.2) is 59.5 Å². The van der Waals surface area contributed by atoms with Crippen molar-refractivity contribution in [1.82, 2.24) is 0 Å². The van der Waals surface area contributed by atoms with Crippen molar-refractivity contribution in [3.05, 3.63) is 70.2 Å². The molecule has 3 aromatic carbocycles. The molecule has 0 saturated heterocycles. The molecule has 0 atom stereocenters. The van der Waals surface area contributed by atoms with Crippen LogP contribution in [0, 0.1) is 0 Å². The van der Waals surface area contributed by atoms with Gasteiger partial charge in [0.05, 0.1) is 48.2 Å². The molecule has 1 N–H and O–H groups in total. The van der Waals surface area contributed by atoms with Gasteiger partial charge in [0, 0.05) is 11.1 Å². The molecule has 0 aliphatic carbocycles. The van der Waals surface area contributed by atoms with Crippen LogP contribution in [0.3, 0.4) is 0 Å². The lowest BCUT2D eigenvalue weighted by atomic mass is 10.2. The number of carbonyl (C=O) groups excluding carboxylic acids is 1. The van der Waals surface area contributed by atoms with Crippen LogP contribution in [0.4, 0.5) is 24.5 Å². The lowest BCUT2D eigenvalue weighted by Crippen LogP contribution is -2.38. The number of methoxy groups -OCH3 is 3. The average molecular weight is 593 g/mol. The Morgan fingerprint density at radius 3 is 2.13 bits per heavy atom. The van der Waals surface area contributed by atoms with Crippen molar-refractivity contribution >= 4 is 50.5 Å². The monoisotopic (exact) mass is 592 g/mol. The fraction of sp³-hybridized carbons (Fsp3) is 0.208. The molecule has 38 heavy (non-hydrogen) atoms. The number of anilines is 2. The molecule has 0 spiro atoms. The zero-order valence-electron chi connectivity index (χ0n) is 20.1. The van der Waals surface area contributed by atoms with E-state index in [-0.39, 0.29) is 43.6 Å². The quantitative estimate of drug-likeness (QED) is 0.334. The van der Waals surface area contributed by atoms with Crippen molar-refractivity contribution < 1.29 is 40.6 Å². The Balaban J connectivity index is 2.08. The predicted molar refractivity (Wildman–Crippen MR) is 137 cm³/mol. The molecule has 0 fully saturated rings. The summed E-state index contributed by atoms with van der Waals surface area (Å²) >= 11 is 12.1. The number of benzene rings is 3. The Kier molecular flexibility index (Phi) is 8.90. The predicted octanol–water partition coefficient (Wildman–Crippen LogP) is 5.87. The van der Waals surface area contributed by atoms with Crippen molar-refractivity contribution in [2.24, 2.45) is 0 Å². The minimum Gasteiger partial charge on any atom is -0.495 e. The largest absolute Gasteiger partial charge is 0.495 e. The summed E-state index contributed by atoms with van der Waals surface area (Å²) in [6.45, 7) is -0.875. The zero-order valence-corrected chi connectivity index (χ0v) is 22.4. The molecule has 14 heteroatoms. The number of amides is 1. The maximum atomic E-state index is 13.8. The maximum Gasteiger partial charge on any atom is 0.416 e. The number of hydrogen-bond acceptors (Lipinski definition) is 6. The summed E-state index contributed by atoms with van der Waals surface area (Å²) in [7, 11) is -0.525. The molecule has 0 unspecified atom stereocenters. The van der Waals surface area contributed by atoms with E-state index in [0.29, 0.717) is 10.4 Å². The molecule has 0 heterocycles. The molecule has 3 aromatic rings. The van der Waals surface area contributed by atoms with Gasteiger partial charge in [-0.15, -0.1) is 0 Å². The number of halogens is 5. The Hall–Kier alpha value is -3.35. The van der Waals surface area contributed by atoms with Crippen LogP contribution in [0.25, 0.3) is 0 Å². The van der Waals surface area contributed by atoms with Gasteiger partial charge in [-0.25, -0.2) is 8.42 Å². The van der Waals surface area contributed by atoms with Crippen molar-refractivity contribution in [3.8, 4) is 17.2 Å². The third-order valence-electron chi connectivity index (χ3n) is 5.21. The second-order valence-electron chi connectivity index (χ2n) is 7.59. The molecule has 8 nitrogen and oxygen atoms in total. The number of hydrogen-bond donors (Lipinski definition) is 1. The van der Waals surface area contributed by atoms with Crippen molar-refractivity contribution in [1.29, 1.82) is 0 Å². The third kappa shape index (κ3) is 6.37. The van der Waals surface area contributed by atoms with Crippen LogP contribution >= 0.6 is 23.2 Å². The highest BCUT2D eigenvalue weighted by atomic mass is 35.5. The van der Waals surface area contributed by atoms with E-state index in [1.54, 1.807) is 0 Å². The van der Waals surface area contributed by atoms with Crippen LogP contribution in [-0.2, 0) is 21.0 Å². The maximum absolute atomic E-state index is 13.8. The number of nitrogens with zero attached hydrogens (tertiary/aromatic N) is 1. The van der Waals surface area contributed by atoms with Gasteiger partial charge in [0.25, 0.3) is 10.0 Å². The van der Waals surface area contributed by atoms with Gasteiger partial charge >= 0.3 is 6.18 Å². The van der Waals surface area contributed by atoms with E-state index < -0.39 is 34.2 Å². The Morgan fingerprint density at radius 2 is 1.53 bits per heavy atom. The third-order valence-corrected chi connectivity index (χ3v) is 7.53. The van der Waals surface area contributed by atoms with Crippen LogP contribution < -0.4 is 23.8 Å². The number of ether oxygens (including phenoxy) is 3. The SMILES string of the molecule is COc1ccc(S(=O)(=O)N(CC(=O)Nc2cc(C(F)(F)F)ccc2Cl)c2cc(Cl)ccc2OC)cc1OC. The van der Waals surface area contributed by atoms with Gasteiger partial charge in [0.2, 0.25) is 5.91 Å². The molecule has 1 amide bonds. The second kappa shape index (κ2) is 11.6. The van der Waals surface area contributed by atoms with E-state index in [2.05, 4.69) is 5.32 Å². The number of rotatable bonds is 9. The highest BCUT2D eigenvalue weighted by Crippen LogP contribution is 2.38. The summed E-state index contributed by atoms with van der Waals surface area (Å²) in [5.41, 5.74) is -1.50. The topological polar surface area (TPSA) is 94.2 Å². The number of carbonyl (C=O) groups is 1. The van der Waals surface area contributed by atoms with E-state index in [1.807, 2.05) is 0 Å². The summed E-state index contributed by atoms with van der Waals surface area (Å²) < 4.78 is 83.4. The van der Waals surface area contributed by atoms with Gasteiger partial charge in [-0.2, -0.15) is 13.2 Å². The lowest BCUT2D eigenvalue weighted by molar-refractivity contribution is -0.137. The molecule has 3 rings (SSSR count). The average Bonchev–Trinajstić information content (AvgIpc) is 2.87. The lowest BCUT2D eigenvalue weighted by Gasteiger charge is -2.26.